The summed E-state index contributed by atoms with van der Waals surface area (Å²) in [7, 11) is 0. The van der Waals surface area contributed by atoms with Gasteiger partial charge in [-0.3, -0.25) is 4.79 Å². The Labute approximate surface area is 81.7 Å². The van der Waals surface area contributed by atoms with Crippen LogP contribution < -0.4 is 10.5 Å². The first-order valence-corrected chi connectivity index (χ1v) is 4.35. The fourth-order valence-electron chi connectivity index (χ4n) is 1.05. The maximum Gasteiger partial charge on any atom is 0.258 e. The third-order valence-electron chi connectivity index (χ3n) is 1.76. The zero-order chi connectivity index (χ0) is 10.6. The second kappa shape index (κ2) is 4.60. The van der Waals surface area contributed by atoms with Crippen LogP contribution >= 0.6 is 0 Å². The number of nitrogens with two attached hydrogens (primary N) is 1. The molecule has 1 aromatic carbocycles. The number of primary amides is 1. The fraction of sp³-hybridized carbons (Fsp3) is 0.300. The van der Waals surface area contributed by atoms with Crippen molar-refractivity contribution in [3.63, 3.8) is 0 Å². The third-order valence-corrected chi connectivity index (χ3v) is 1.76. The molecule has 0 aliphatic carbocycles. The number of rotatable bonds is 4. The molecule has 0 saturated heterocycles. The van der Waals surface area contributed by atoms with Crippen LogP contribution in [0, 0.1) is 5.82 Å². The van der Waals surface area contributed by atoms with Gasteiger partial charge in [0.25, 0.3) is 5.91 Å². The summed E-state index contributed by atoms with van der Waals surface area (Å²) in [6.45, 7) is 1.77. The molecule has 0 aromatic heterocycles. The van der Waals surface area contributed by atoms with E-state index in [1.807, 2.05) is 0 Å². The van der Waals surface area contributed by atoms with Crippen LogP contribution in [0.3, 0.4) is 0 Å². The van der Waals surface area contributed by atoms with Crippen molar-refractivity contribution in [1.29, 1.82) is 0 Å². The Morgan fingerprint density at radius 3 is 2.86 bits per heavy atom. The van der Waals surface area contributed by atoms with Crippen molar-refractivity contribution in [1.82, 2.24) is 0 Å². The third kappa shape index (κ3) is 2.73. The summed E-state index contributed by atoms with van der Waals surface area (Å²) in [5.41, 5.74) is 5.08. The Bertz CT molecular complexity index is 328. The van der Waals surface area contributed by atoms with Crippen molar-refractivity contribution in [3.05, 3.63) is 30.1 Å². The van der Waals surface area contributed by atoms with Crippen LogP contribution in [0.5, 0.6) is 5.75 Å². The predicted molar refractivity (Wildman–Crippen MR) is 50.3 cm³/mol. The van der Waals surface area contributed by atoms with E-state index in [2.05, 4.69) is 0 Å². The zero-order valence-corrected chi connectivity index (χ0v) is 7.87. The molecule has 2 N–H and O–H groups in total. The molecule has 1 rings (SSSR count). The molecule has 14 heavy (non-hydrogen) atoms. The van der Waals surface area contributed by atoms with Crippen molar-refractivity contribution >= 4 is 5.91 Å². The monoisotopic (exact) mass is 197 g/mol. The summed E-state index contributed by atoms with van der Waals surface area (Å²) in [6.07, 6.45) is -0.233. The number of ether oxygens (including phenoxy) is 1. The lowest BCUT2D eigenvalue weighted by atomic mass is 10.2. The average Bonchev–Trinajstić information content (AvgIpc) is 2.14. The van der Waals surface area contributed by atoms with Crippen molar-refractivity contribution in [2.75, 3.05) is 0 Å². The standard InChI is InChI=1S/C10H12FNO2/c1-2-9(10(12)13)14-8-5-3-4-7(11)6-8/h3-6,9H,2H2,1H3,(H2,12,13). The Hall–Kier alpha value is -1.58. The Morgan fingerprint density at radius 2 is 2.36 bits per heavy atom. The minimum absolute atomic E-state index is 0.315. The molecule has 0 bridgehead atoms. The molecule has 1 amide bonds. The summed E-state index contributed by atoms with van der Waals surface area (Å²) in [4.78, 5) is 10.8. The fourth-order valence-corrected chi connectivity index (χ4v) is 1.05. The molecule has 0 spiro atoms. The van der Waals surface area contributed by atoms with Gasteiger partial charge in [-0.1, -0.05) is 13.0 Å². The number of hydrogen-bond donors (Lipinski definition) is 1. The molecule has 1 atom stereocenters. The van der Waals surface area contributed by atoms with E-state index in [-0.39, 0.29) is 0 Å². The SMILES string of the molecule is CCC(Oc1cccc(F)c1)C(N)=O. The quantitative estimate of drug-likeness (QED) is 0.794. The summed E-state index contributed by atoms with van der Waals surface area (Å²) < 4.78 is 17.9. The summed E-state index contributed by atoms with van der Waals surface area (Å²) in [6, 6.07) is 5.61. The molecule has 0 fully saturated rings. The highest BCUT2D eigenvalue weighted by atomic mass is 19.1. The summed E-state index contributed by atoms with van der Waals surface area (Å²) in [5.74, 6) is -0.630. The molecule has 4 heteroatoms. The second-order valence-electron chi connectivity index (χ2n) is 2.87. The lowest BCUT2D eigenvalue weighted by molar-refractivity contribution is -0.124. The van der Waals surface area contributed by atoms with E-state index in [1.54, 1.807) is 13.0 Å². The highest BCUT2D eigenvalue weighted by Crippen LogP contribution is 2.14. The van der Waals surface area contributed by atoms with Gasteiger partial charge in [0.05, 0.1) is 0 Å². The van der Waals surface area contributed by atoms with Gasteiger partial charge in [-0.15, -0.1) is 0 Å². The van der Waals surface area contributed by atoms with Crippen LogP contribution in [0.4, 0.5) is 4.39 Å². The minimum Gasteiger partial charge on any atom is -0.481 e. The Kier molecular flexibility index (Phi) is 3.45. The maximum atomic E-state index is 12.7. The molecule has 3 nitrogen and oxygen atoms in total. The molecule has 1 unspecified atom stereocenters. The van der Waals surface area contributed by atoms with Gasteiger partial charge >= 0.3 is 0 Å². The van der Waals surface area contributed by atoms with Crippen LogP contribution in [0.15, 0.2) is 24.3 Å². The highest BCUT2D eigenvalue weighted by Gasteiger charge is 2.14. The summed E-state index contributed by atoms with van der Waals surface area (Å²) in [5, 5.41) is 0. The molecule has 0 heterocycles. The van der Waals surface area contributed by atoms with Gasteiger partial charge in [0, 0.05) is 6.07 Å². The number of hydrogen-bond acceptors (Lipinski definition) is 2. The lowest BCUT2D eigenvalue weighted by Gasteiger charge is -2.13. The lowest BCUT2D eigenvalue weighted by Crippen LogP contribution is -2.32. The average molecular weight is 197 g/mol. The molecule has 0 aliphatic rings. The first kappa shape index (κ1) is 10.5. The normalized spacial score (nSPS) is 12.1. The highest BCUT2D eigenvalue weighted by molar-refractivity contribution is 5.79. The van der Waals surface area contributed by atoms with E-state index in [4.69, 9.17) is 10.5 Å². The topological polar surface area (TPSA) is 52.3 Å². The smallest absolute Gasteiger partial charge is 0.258 e. The Balaban J connectivity index is 2.72. The van der Waals surface area contributed by atoms with Gasteiger partial charge < -0.3 is 10.5 Å². The van der Waals surface area contributed by atoms with Crippen LogP contribution in [-0.4, -0.2) is 12.0 Å². The number of carbonyl (C=O) groups excluding carboxylic acids is 1. The van der Waals surface area contributed by atoms with E-state index in [9.17, 15) is 9.18 Å². The molecule has 76 valence electrons. The predicted octanol–water partition coefficient (Wildman–Crippen LogP) is 1.47. The van der Waals surface area contributed by atoms with Gasteiger partial charge in [-0.25, -0.2) is 4.39 Å². The molecular formula is C10H12FNO2. The van der Waals surface area contributed by atoms with Crippen LogP contribution in [0.25, 0.3) is 0 Å². The van der Waals surface area contributed by atoms with Gasteiger partial charge in [-0.2, -0.15) is 0 Å². The molecular weight excluding hydrogens is 185 g/mol. The summed E-state index contributed by atoms with van der Waals surface area (Å²) >= 11 is 0. The van der Waals surface area contributed by atoms with E-state index in [0.717, 1.165) is 0 Å². The van der Waals surface area contributed by atoms with Crippen molar-refractivity contribution < 1.29 is 13.9 Å². The van der Waals surface area contributed by atoms with E-state index < -0.39 is 17.8 Å². The van der Waals surface area contributed by atoms with Gasteiger partial charge in [0.2, 0.25) is 0 Å². The molecule has 0 radical (unpaired) electrons. The van der Waals surface area contributed by atoms with Gasteiger partial charge in [-0.05, 0) is 18.6 Å². The zero-order valence-electron chi connectivity index (χ0n) is 7.87. The maximum absolute atomic E-state index is 12.7. The van der Waals surface area contributed by atoms with Crippen molar-refractivity contribution in [3.8, 4) is 5.75 Å². The van der Waals surface area contributed by atoms with Crippen LogP contribution in [0.1, 0.15) is 13.3 Å². The molecule has 1 aromatic rings. The minimum atomic E-state index is -0.697. The van der Waals surface area contributed by atoms with Crippen LogP contribution in [-0.2, 0) is 4.79 Å². The van der Waals surface area contributed by atoms with Crippen molar-refractivity contribution in [2.45, 2.75) is 19.4 Å². The molecule has 0 aliphatic heterocycles. The van der Waals surface area contributed by atoms with E-state index >= 15 is 0 Å². The van der Waals surface area contributed by atoms with Crippen molar-refractivity contribution in [2.24, 2.45) is 5.73 Å². The van der Waals surface area contributed by atoms with Gasteiger partial charge in [0.15, 0.2) is 6.10 Å². The Morgan fingerprint density at radius 1 is 1.64 bits per heavy atom. The largest absolute Gasteiger partial charge is 0.481 e. The first-order valence-electron chi connectivity index (χ1n) is 4.35. The van der Waals surface area contributed by atoms with E-state index in [0.29, 0.717) is 12.2 Å². The van der Waals surface area contributed by atoms with Crippen LogP contribution in [0.2, 0.25) is 0 Å². The second-order valence-corrected chi connectivity index (χ2v) is 2.87. The number of amides is 1. The molecule has 0 saturated carbocycles. The number of halogens is 1. The van der Waals surface area contributed by atoms with Gasteiger partial charge in [0.1, 0.15) is 11.6 Å². The number of benzene rings is 1. The number of carbonyl (C=O) groups is 1. The first-order chi connectivity index (χ1) is 6.63. The van der Waals surface area contributed by atoms with E-state index in [1.165, 1.54) is 18.2 Å².